The predicted molar refractivity (Wildman–Crippen MR) is 67.7 cm³/mol. The van der Waals surface area contributed by atoms with Crippen molar-refractivity contribution in [3.8, 4) is 5.75 Å². The van der Waals surface area contributed by atoms with Crippen molar-refractivity contribution in [3.63, 3.8) is 0 Å². The quantitative estimate of drug-likeness (QED) is 0.833. The molecule has 0 aliphatic heterocycles. The highest BCUT2D eigenvalue weighted by atomic mass is 32.2. The fraction of sp³-hybridized carbons (Fsp3) is 0.364. The number of sulfonamides is 1. The number of anilines is 1. The summed E-state index contributed by atoms with van der Waals surface area (Å²) in [5.41, 5.74) is -1.91. The van der Waals surface area contributed by atoms with Gasteiger partial charge in [-0.3, -0.25) is 9.52 Å². The van der Waals surface area contributed by atoms with Crippen molar-refractivity contribution in [3.05, 3.63) is 23.8 Å². The number of aliphatic carboxylic acids is 1. The summed E-state index contributed by atoms with van der Waals surface area (Å²) in [6.45, 7) is 0. The Balaban J connectivity index is 3.10. The fourth-order valence-corrected chi connectivity index (χ4v) is 2.47. The molecule has 0 heterocycles. The van der Waals surface area contributed by atoms with E-state index in [9.17, 15) is 26.4 Å². The van der Waals surface area contributed by atoms with Crippen LogP contribution in [0.2, 0.25) is 0 Å². The Hall–Kier alpha value is -1.97. The number of rotatable bonds is 6. The fourth-order valence-electron chi connectivity index (χ4n) is 1.41. The van der Waals surface area contributed by atoms with Gasteiger partial charge in [-0.1, -0.05) is 0 Å². The van der Waals surface area contributed by atoms with Crippen molar-refractivity contribution in [1.29, 1.82) is 0 Å². The van der Waals surface area contributed by atoms with Gasteiger partial charge in [0.25, 0.3) is 0 Å². The molecule has 0 fully saturated rings. The summed E-state index contributed by atoms with van der Waals surface area (Å²) >= 11 is 0. The molecule has 0 saturated carbocycles. The minimum atomic E-state index is -4.79. The number of methoxy groups -OCH3 is 1. The van der Waals surface area contributed by atoms with Crippen molar-refractivity contribution < 1.29 is 36.2 Å². The number of nitrogens with one attached hydrogen (secondary N) is 1. The number of hydrogen-bond donors (Lipinski definition) is 2. The Bertz CT molecular complexity index is 627. The largest absolute Gasteiger partial charge is 0.497 e. The molecular weight excluding hydrogens is 315 g/mol. The minimum absolute atomic E-state index is 0.0872. The number of alkyl halides is 3. The third kappa shape index (κ3) is 5.14. The number of carbonyl (C=O) groups is 1. The number of ether oxygens (including phenoxy) is 1. The van der Waals surface area contributed by atoms with Gasteiger partial charge >= 0.3 is 12.1 Å². The van der Waals surface area contributed by atoms with Crippen LogP contribution in [0.25, 0.3) is 0 Å². The minimum Gasteiger partial charge on any atom is -0.497 e. The molecule has 2 N–H and O–H groups in total. The highest BCUT2D eigenvalue weighted by molar-refractivity contribution is 7.92. The number of benzene rings is 1. The summed E-state index contributed by atoms with van der Waals surface area (Å²) in [6, 6.07) is 2.71. The van der Waals surface area contributed by atoms with Gasteiger partial charge in [0.05, 0.1) is 30.5 Å². The molecule has 1 rings (SSSR count). The summed E-state index contributed by atoms with van der Waals surface area (Å²) in [4.78, 5) is 10.3. The summed E-state index contributed by atoms with van der Waals surface area (Å²) in [6.07, 6.45) is -5.51. The van der Waals surface area contributed by atoms with E-state index in [2.05, 4.69) is 4.74 Å². The van der Waals surface area contributed by atoms with E-state index < -0.39 is 45.6 Å². The van der Waals surface area contributed by atoms with Crippen LogP contribution in [0.15, 0.2) is 18.2 Å². The molecule has 0 radical (unpaired) electrons. The highest BCUT2D eigenvalue weighted by Gasteiger charge is 2.35. The molecule has 0 spiro atoms. The average molecular weight is 327 g/mol. The second kappa shape index (κ2) is 6.20. The smallest absolute Gasteiger partial charge is 0.418 e. The molecule has 0 bridgehead atoms. The summed E-state index contributed by atoms with van der Waals surface area (Å²) in [5, 5.41) is 8.41. The van der Waals surface area contributed by atoms with Crippen LogP contribution in [0.3, 0.4) is 0 Å². The van der Waals surface area contributed by atoms with Crippen LogP contribution in [0, 0.1) is 0 Å². The zero-order valence-electron chi connectivity index (χ0n) is 10.8. The molecule has 0 aliphatic carbocycles. The lowest BCUT2D eigenvalue weighted by Gasteiger charge is -2.15. The van der Waals surface area contributed by atoms with Gasteiger partial charge in [0.1, 0.15) is 5.75 Å². The lowest BCUT2D eigenvalue weighted by Crippen LogP contribution is -2.21. The second-order valence-corrected chi connectivity index (χ2v) is 5.82. The normalized spacial score (nSPS) is 12.0. The van der Waals surface area contributed by atoms with E-state index in [0.29, 0.717) is 6.07 Å². The first-order valence-corrected chi connectivity index (χ1v) is 7.18. The molecule has 10 heteroatoms. The van der Waals surface area contributed by atoms with Gasteiger partial charge in [0, 0.05) is 0 Å². The zero-order valence-corrected chi connectivity index (χ0v) is 11.6. The Morgan fingerprint density at radius 3 is 2.48 bits per heavy atom. The molecule has 0 unspecified atom stereocenters. The van der Waals surface area contributed by atoms with E-state index in [1.54, 1.807) is 4.72 Å². The van der Waals surface area contributed by atoms with Gasteiger partial charge in [0.15, 0.2) is 0 Å². The lowest BCUT2D eigenvalue weighted by molar-refractivity contribution is -0.137. The molecule has 0 atom stereocenters. The molecule has 0 saturated heterocycles. The van der Waals surface area contributed by atoms with Gasteiger partial charge in [-0.15, -0.1) is 0 Å². The Kier molecular flexibility index (Phi) is 5.05. The predicted octanol–water partition coefficient (Wildman–Crippen LogP) is 1.93. The molecule has 21 heavy (non-hydrogen) atoms. The SMILES string of the molecule is COc1ccc(NS(=O)(=O)CCC(=O)O)c(C(F)(F)F)c1. The van der Waals surface area contributed by atoms with Gasteiger partial charge in [-0.25, -0.2) is 8.42 Å². The first kappa shape index (κ1) is 17.1. The molecule has 0 amide bonds. The molecule has 6 nitrogen and oxygen atoms in total. The van der Waals surface area contributed by atoms with Gasteiger partial charge in [-0.05, 0) is 18.2 Å². The van der Waals surface area contributed by atoms with Crippen LogP contribution < -0.4 is 9.46 Å². The number of halogens is 3. The van der Waals surface area contributed by atoms with E-state index in [-0.39, 0.29) is 5.75 Å². The molecular formula is C11H12F3NO5S. The van der Waals surface area contributed by atoms with Crippen LogP contribution >= 0.6 is 0 Å². The van der Waals surface area contributed by atoms with Gasteiger partial charge in [-0.2, -0.15) is 13.2 Å². The Morgan fingerprint density at radius 1 is 1.38 bits per heavy atom. The summed E-state index contributed by atoms with van der Waals surface area (Å²) in [7, 11) is -3.03. The van der Waals surface area contributed by atoms with E-state index in [0.717, 1.165) is 12.1 Å². The molecule has 118 valence electrons. The van der Waals surface area contributed by atoms with Crippen LogP contribution in [-0.2, 0) is 21.0 Å². The van der Waals surface area contributed by atoms with Crippen LogP contribution in [0.5, 0.6) is 5.75 Å². The molecule has 1 aromatic carbocycles. The van der Waals surface area contributed by atoms with Crippen LogP contribution in [-0.4, -0.2) is 32.4 Å². The van der Waals surface area contributed by atoms with E-state index in [1.807, 2.05) is 0 Å². The molecule has 1 aromatic rings. The number of carboxylic acid groups (broad SMARTS) is 1. The Labute approximate surface area is 118 Å². The maximum Gasteiger partial charge on any atom is 0.418 e. The monoisotopic (exact) mass is 327 g/mol. The van der Waals surface area contributed by atoms with E-state index in [1.165, 1.54) is 7.11 Å². The van der Waals surface area contributed by atoms with Crippen LogP contribution in [0.1, 0.15) is 12.0 Å². The van der Waals surface area contributed by atoms with Crippen LogP contribution in [0.4, 0.5) is 18.9 Å². The standard InChI is InChI=1S/C11H12F3NO5S/c1-20-7-2-3-9(8(6-7)11(12,13)14)15-21(18,19)5-4-10(16)17/h2-3,6,15H,4-5H2,1H3,(H,16,17). The Morgan fingerprint density at radius 2 is 2.00 bits per heavy atom. The van der Waals surface area contributed by atoms with Crippen molar-refractivity contribution in [2.24, 2.45) is 0 Å². The van der Waals surface area contributed by atoms with E-state index >= 15 is 0 Å². The zero-order chi connectivity index (χ0) is 16.3. The molecule has 0 aromatic heterocycles. The lowest BCUT2D eigenvalue weighted by atomic mass is 10.1. The molecule has 0 aliphatic rings. The maximum atomic E-state index is 12.9. The van der Waals surface area contributed by atoms with Gasteiger partial charge in [0.2, 0.25) is 10.0 Å². The topological polar surface area (TPSA) is 92.7 Å². The van der Waals surface area contributed by atoms with Crippen molar-refractivity contribution in [2.45, 2.75) is 12.6 Å². The van der Waals surface area contributed by atoms with Crippen molar-refractivity contribution >= 4 is 21.7 Å². The average Bonchev–Trinajstić information content (AvgIpc) is 2.35. The maximum absolute atomic E-state index is 12.9. The third-order valence-corrected chi connectivity index (χ3v) is 3.65. The highest BCUT2D eigenvalue weighted by Crippen LogP contribution is 2.37. The third-order valence-electron chi connectivity index (χ3n) is 2.38. The summed E-state index contributed by atoms with van der Waals surface area (Å²) < 4.78 is 68.1. The summed E-state index contributed by atoms with van der Waals surface area (Å²) in [5.74, 6) is -2.28. The number of hydrogen-bond acceptors (Lipinski definition) is 4. The van der Waals surface area contributed by atoms with Crippen molar-refractivity contribution in [1.82, 2.24) is 0 Å². The first-order valence-electron chi connectivity index (χ1n) is 5.52. The first-order chi connectivity index (χ1) is 9.55. The number of carboxylic acids is 1. The second-order valence-electron chi connectivity index (χ2n) is 3.97. The van der Waals surface area contributed by atoms with E-state index in [4.69, 9.17) is 5.11 Å². The van der Waals surface area contributed by atoms with Gasteiger partial charge < -0.3 is 9.84 Å². The van der Waals surface area contributed by atoms with Crippen molar-refractivity contribution in [2.75, 3.05) is 17.6 Å².